The van der Waals surface area contributed by atoms with Gasteiger partial charge in [0, 0.05) is 20.3 Å². The Kier molecular flexibility index (Phi) is 7.42. The topological polar surface area (TPSA) is 58.6 Å². The highest BCUT2D eigenvalue weighted by molar-refractivity contribution is 5.80. The van der Waals surface area contributed by atoms with Gasteiger partial charge in [-0.25, -0.2) is 0 Å². The van der Waals surface area contributed by atoms with Crippen molar-refractivity contribution in [3.63, 3.8) is 0 Å². The van der Waals surface area contributed by atoms with Crippen LogP contribution in [0.15, 0.2) is 0 Å². The number of hydrogen-bond donors (Lipinski definition) is 2. The van der Waals surface area contributed by atoms with Crippen LogP contribution in [0.4, 0.5) is 0 Å². The van der Waals surface area contributed by atoms with E-state index < -0.39 is 6.10 Å². The highest BCUT2D eigenvalue weighted by atomic mass is 16.5. The van der Waals surface area contributed by atoms with Crippen LogP contribution >= 0.6 is 0 Å². The Morgan fingerprint density at radius 3 is 2.64 bits per heavy atom. The fraction of sp³-hybridized carbons (Fsp3) is 0.900. The predicted octanol–water partition coefficient (Wildman–Crippen LogP) is 0.546. The normalized spacial score (nSPS) is 14.9. The van der Waals surface area contributed by atoms with E-state index >= 15 is 0 Å². The standard InChI is InChI=1S/C10H21NO3/c1-4-9(5-6-12)7-11-10(13)8(2)14-3/h8-9,12H,4-7H2,1-3H3,(H,11,13). The SMILES string of the molecule is CCC(CCO)CNC(=O)C(C)OC. The molecule has 0 aliphatic rings. The third-order valence-corrected chi connectivity index (χ3v) is 2.40. The highest BCUT2D eigenvalue weighted by Gasteiger charge is 2.13. The van der Waals surface area contributed by atoms with Crippen molar-refractivity contribution in [3.8, 4) is 0 Å². The van der Waals surface area contributed by atoms with Crippen LogP contribution in [0.2, 0.25) is 0 Å². The fourth-order valence-electron chi connectivity index (χ4n) is 1.13. The van der Waals surface area contributed by atoms with Gasteiger partial charge in [-0.15, -0.1) is 0 Å². The maximum atomic E-state index is 11.3. The third-order valence-electron chi connectivity index (χ3n) is 2.40. The molecule has 0 spiro atoms. The van der Waals surface area contributed by atoms with Crippen LogP contribution in [-0.2, 0) is 9.53 Å². The van der Waals surface area contributed by atoms with Gasteiger partial charge < -0.3 is 15.2 Å². The van der Waals surface area contributed by atoms with Gasteiger partial charge in [0.15, 0.2) is 0 Å². The number of carbonyl (C=O) groups excluding carboxylic acids is 1. The molecular formula is C10H21NO3. The lowest BCUT2D eigenvalue weighted by atomic mass is 10.0. The number of amides is 1. The zero-order chi connectivity index (χ0) is 11.0. The molecule has 0 radical (unpaired) electrons. The minimum atomic E-state index is -0.401. The number of ether oxygens (including phenoxy) is 1. The van der Waals surface area contributed by atoms with Gasteiger partial charge in [0.1, 0.15) is 6.10 Å². The number of carbonyl (C=O) groups is 1. The number of aliphatic hydroxyl groups excluding tert-OH is 1. The number of hydrogen-bond acceptors (Lipinski definition) is 3. The number of rotatable bonds is 7. The van der Waals surface area contributed by atoms with E-state index in [0.29, 0.717) is 12.5 Å². The first kappa shape index (κ1) is 13.4. The van der Waals surface area contributed by atoms with E-state index in [9.17, 15) is 4.79 Å². The molecule has 0 aliphatic heterocycles. The molecule has 0 fully saturated rings. The molecule has 0 bridgehead atoms. The monoisotopic (exact) mass is 203 g/mol. The van der Waals surface area contributed by atoms with E-state index in [1.165, 1.54) is 7.11 Å². The molecule has 4 heteroatoms. The summed E-state index contributed by atoms with van der Waals surface area (Å²) in [5.74, 6) is 0.261. The molecule has 1 amide bonds. The minimum Gasteiger partial charge on any atom is -0.396 e. The molecule has 2 atom stereocenters. The summed E-state index contributed by atoms with van der Waals surface area (Å²) in [6, 6.07) is 0. The first-order chi connectivity index (χ1) is 6.65. The Morgan fingerprint density at radius 1 is 1.57 bits per heavy atom. The molecule has 0 saturated carbocycles. The Bertz CT molecular complexity index is 161. The molecule has 84 valence electrons. The average molecular weight is 203 g/mol. The molecular weight excluding hydrogens is 182 g/mol. The molecule has 0 heterocycles. The van der Waals surface area contributed by atoms with E-state index in [1.54, 1.807) is 6.92 Å². The van der Waals surface area contributed by atoms with E-state index in [1.807, 2.05) is 6.92 Å². The maximum absolute atomic E-state index is 11.3. The smallest absolute Gasteiger partial charge is 0.248 e. The van der Waals surface area contributed by atoms with Crippen molar-refractivity contribution in [2.75, 3.05) is 20.3 Å². The Morgan fingerprint density at radius 2 is 2.21 bits per heavy atom. The van der Waals surface area contributed by atoms with Gasteiger partial charge in [-0.2, -0.15) is 0 Å². The van der Waals surface area contributed by atoms with Crippen LogP contribution in [0.5, 0.6) is 0 Å². The van der Waals surface area contributed by atoms with E-state index in [2.05, 4.69) is 5.32 Å². The molecule has 0 aliphatic carbocycles. The van der Waals surface area contributed by atoms with Crippen LogP contribution in [-0.4, -0.2) is 37.4 Å². The summed E-state index contributed by atoms with van der Waals surface area (Å²) < 4.78 is 4.88. The highest BCUT2D eigenvalue weighted by Crippen LogP contribution is 2.05. The van der Waals surface area contributed by atoms with Gasteiger partial charge in [0.2, 0.25) is 5.91 Å². The van der Waals surface area contributed by atoms with E-state index in [-0.39, 0.29) is 12.5 Å². The molecule has 4 nitrogen and oxygen atoms in total. The Labute approximate surface area is 85.6 Å². The van der Waals surface area contributed by atoms with Crippen molar-refractivity contribution < 1.29 is 14.6 Å². The van der Waals surface area contributed by atoms with Gasteiger partial charge in [-0.1, -0.05) is 13.3 Å². The van der Waals surface area contributed by atoms with Crippen LogP contribution in [0.25, 0.3) is 0 Å². The second-order valence-electron chi connectivity index (χ2n) is 3.41. The van der Waals surface area contributed by atoms with Crippen LogP contribution in [0, 0.1) is 5.92 Å². The summed E-state index contributed by atoms with van der Waals surface area (Å²) >= 11 is 0. The summed E-state index contributed by atoms with van der Waals surface area (Å²) in [5.41, 5.74) is 0. The zero-order valence-electron chi connectivity index (χ0n) is 9.25. The lowest BCUT2D eigenvalue weighted by Gasteiger charge is -2.16. The van der Waals surface area contributed by atoms with E-state index in [0.717, 1.165) is 12.8 Å². The van der Waals surface area contributed by atoms with Gasteiger partial charge in [0.05, 0.1) is 0 Å². The molecule has 14 heavy (non-hydrogen) atoms. The predicted molar refractivity (Wildman–Crippen MR) is 55.0 cm³/mol. The van der Waals surface area contributed by atoms with Crippen molar-refractivity contribution in [2.45, 2.75) is 32.8 Å². The van der Waals surface area contributed by atoms with Crippen LogP contribution < -0.4 is 5.32 Å². The molecule has 0 rings (SSSR count). The molecule has 2 unspecified atom stereocenters. The maximum Gasteiger partial charge on any atom is 0.248 e. The summed E-state index contributed by atoms with van der Waals surface area (Å²) in [4.78, 5) is 11.3. The molecule has 0 aromatic rings. The number of nitrogens with one attached hydrogen (secondary N) is 1. The summed E-state index contributed by atoms with van der Waals surface area (Å²) in [6.07, 6.45) is 1.29. The third kappa shape index (κ3) is 5.19. The van der Waals surface area contributed by atoms with Crippen LogP contribution in [0.3, 0.4) is 0 Å². The van der Waals surface area contributed by atoms with Gasteiger partial charge in [-0.05, 0) is 19.3 Å². The molecule has 0 saturated heterocycles. The second-order valence-corrected chi connectivity index (χ2v) is 3.41. The van der Waals surface area contributed by atoms with Crippen LogP contribution in [0.1, 0.15) is 26.7 Å². The van der Waals surface area contributed by atoms with E-state index in [4.69, 9.17) is 9.84 Å². The Balaban J connectivity index is 3.73. The quantitative estimate of drug-likeness (QED) is 0.635. The summed E-state index contributed by atoms with van der Waals surface area (Å²) in [5, 5.41) is 11.5. The first-order valence-corrected chi connectivity index (χ1v) is 5.07. The van der Waals surface area contributed by atoms with Crippen molar-refractivity contribution >= 4 is 5.91 Å². The fourth-order valence-corrected chi connectivity index (χ4v) is 1.13. The van der Waals surface area contributed by atoms with Crippen molar-refractivity contribution in [1.82, 2.24) is 5.32 Å². The lowest BCUT2D eigenvalue weighted by molar-refractivity contribution is -0.130. The van der Waals surface area contributed by atoms with Gasteiger partial charge >= 0.3 is 0 Å². The lowest BCUT2D eigenvalue weighted by Crippen LogP contribution is -2.37. The largest absolute Gasteiger partial charge is 0.396 e. The van der Waals surface area contributed by atoms with Crippen molar-refractivity contribution in [2.24, 2.45) is 5.92 Å². The summed E-state index contributed by atoms with van der Waals surface area (Å²) in [6.45, 7) is 4.55. The first-order valence-electron chi connectivity index (χ1n) is 5.07. The van der Waals surface area contributed by atoms with Crippen molar-refractivity contribution in [1.29, 1.82) is 0 Å². The van der Waals surface area contributed by atoms with Crippen molar-refractivity contribution in [3.05, 3.63) is 0 Å². The Hall–Kier alpha value is -0.610. The second kappa shape index (κ2) is 7.76. The minimum absolute atomic E-state index is 0.0936. The molecule has 2 N–H and O–H groups in total. The number of methoxy groups -OCH3 is 1. The zero-order valence-corrected chi connectivity index (χ0v) is 9.25. The number of aliphatic hydroxyl groups is 1. The molecule has 0 aromatic heterocycles. The molecule has 0 aromatic carbocycles. The van der Waals surface area contributed by atoms with Gasteiger partial charge in [-0.3, -0.25) is 4.79 Å². The summed E-state index contributed by atoms with van der Waals surface area (Å²) in [7, 11) is 1.51. The average Bonchev–Trinajstić information content (AvgIpc) is 2.22. The van der Waals surface area contributed by atoms with Gasteiger partial charge in [0.25, 0.3) is 0 Å².